The quantitative estimate of drug-likeness (QED) is 0.457. The molecule has 1 saturated carbocycles. The van der Waals surface area contributed by atoms with Gasteiger partial charge in [0.15, 0.2) is 0 Å². The number of hydrogen-bond acceptors (Lipinski definition) is 5. The van der Waals surface area contributed by atoms with E-state index >= 15 is 0 Å². The predicted molar refractivity (Wildman–Crippen MR) is 152 cm³/mol. The zero-order valence-electron chi connectivity index (χ0n) is 23.4. The summed E-state index contributed by atoms with van der Waals surface area (Å²) in [6.07, 6.45) is 5.13. The van der Waals surface area contributed by atoms with Crippen molar-refractivity contribution in [3.8, 4) is 5.75 Å². The van der Waals surface area contributed by atoms with Crippen molar-refractivity contribution in [2.45, 2.75) is 64.0 Å². The monoisotopic (exact) mass is 534 g/mol. The molecule has 1 fully saturated rings. The fraction of sp³-hybridized carbons (Fsp3) is 0.516. The smallest absolute Gasteiger partial charge is 0.254 e. The summed E-state index contributed by atoms with van der Waals surface area (Å²) in [4.78, 5) is 44.7. The molecule has 0 saturated heterocycles. The summed E-state index contributed by atoms with van der Waals surface area (Å²) in [7, 11) is 1.62. The van der Waals surface area contributed by atoms with Crippen LogP contribution in [0.25, 0.3) is 0 Å². The van der Waals surface area contributed by atoms with E-state index in [2.05, 4.69) is 29.4 Å². The van der Waals surface area contributed by atoms with Gasteiger partial charge in [-0.25, -0.2) is 0 Å². The molecule has 39 heavy (non-hydrogen) atoms. The average molecular weight is 535 g/mol. The molecule has 0 aromatic heterocycles. The van der Waals surface area contributed by atoms with Gasteiger partial charge in [-0.05, 0) is 55.3 Å². The SMILES string of the molecule is CCN(CC)CCNC(=O)CNC(=O)[C@@H]1c2ccccc2C(=O)N(C2CCCCC2)[C@@H]1c1ccc(OC)cc1. The van der Waals surface area contributed by atoms with Gasteiger partial charge in [0.2, 0.25) is 11.8 Å². The third-order valence-electron chi connectivity index (χ3n) is 8.15. The highest BCUT2D eigenvalue weighted by Crippen LogP contribution is 2.46. The first-order valence-corrected chi connectivity index (χ1v) is 14.3. The number of likely N-dealkylation sites (N-methyl/N-ethyl adjacent to an activating group) is 1. The Morgan fingerprint density at radius 2 is 1.67 bits per heavy atom. The van der Waals surface area contributed by atoms with Crippen LogP contribution in [0.4, 0.5) is 0 Å². The van der Waals surface area contributed by atoms with Crippen molar-refractivity contribution in [1.29, 1.82) is 0 Å². The Hall–Kier alpha value is -3.39. The van der Waals surface area contributed by atoms with Crippen LogP contribution in [0.2, 0.25) is 0 Å². The van der Waals surface area contributed by atoms with Crippen molar-refractivity contribution in [3.05, 3.63) is 65.2 Å². The van der Waals surface area contributed by atoms with Crippen LogP contribution >= 0.6 is 0 Å². The molecule has 0 radical (unpaired) electrons. The fourth-order valence-corrected chi connectivity index (χ4v) is 5.98. The topological polar surface area (TPSA) is 91.0 Å². The third-order valence-corrected chi connectivity index (χ3v) is 8.15. The first-order valence-electron chi connectivity index (χ1n) is 14.3. The Bertz CT molecular complexity index is 1130. The van der Waals surface area contributed by atoms with Gasteiger partial charge in [0, 0.05) is 24.7 Å². The number of ether oxygens (including phenoxy) is 1. The van der Waals surface area contributed by atoms with Gasteiger partial charge in [0.25, 0.3) is 5.91 Å². The van der Waals surface area contributed by atoms with E-state index in [4.69, 9.17) is 4.74 Å². The second kappa shape index (κ2) is 13.6. The van der Waals surface area contributed by atoms with Crippen molar-refractivity contribution < 1.29 is 19.1 Å². The lowest BCUT2D eigenvalue weighted by molar-refractivity contribution is -0.128. The highest BCUT2D eigenvalue weighted by molar-refractivity contribution is 6.02. The third kappa shape index (κ3) is 6.61. The number of rotatable bonds is 11. The molecule has 3 amide bonds. The number of nitrogens with zero attached hydrogens (tertiary/aromatic N) is 2. The minimum absolute atomic E-state index is 0.0310. The molecule has 2 aliphatic rings. The van der Waals surface area contributed by atoms with Crippen LogP contribution in [-0.4, -0.2) is 73.4 Å². The van der Waals surface area contributed by atoms with Crippen molar-refractivity contribution in [1.82, 2.24) is 20.4 Å². The van der Waals surface area contributed by atoms with Gasteiger partial charge >= 0.3 is 0 Å². The molecule has 1 aliphatic carbocycles. The van der Waals surface area contributed by atoms with Crippen molar-refractivity contribution in [3.63, 3.8) is 0 Å². The van der Waals surface area contributed by atoms with Crippen molar-refractivity contribution in [2.75, 3.05) is 39.8 Å². The van der Waals surface area contributed by atoms with Crippen LogP contribution in [0.5, 0.6) is 5.75 Å². The summed E-state index contributed by atoms with van der Waals surface area (Å²) >= 11 is 0. The molecule has 210 valence electrons. The molecular weight excluding hydrogens is 492 g/mol. The van der Waals surface area contributed by atoms with E-state index in [0.29, 0.717) is 23.4 Å². The van der Waals surface area contributed by atoms with Gasteiger partial charge in [-0.2, -0.15) is 0 Å². The van der Waals surface area contributed by atoms with E-state index in [-0.39, 0.29) is 30.3 Å². The van der Waals surface area contributed by atoms with Gasteiger partial charge in [0.1, 0.15) is 5.75 Å². The molecular formula is C31H42N4O4. The Labute approximate surface area is 232 Å². The maximum absolute atomic E-state index is 14.0. The summed E-state index contributed by atoms with van der Waals surface area (Å²) in [6, 6.07) is 14.6. The van der Waals surface area contributed by atoms with Crippen LogP contribution in [-0.2, 0) is 9.59 Å². The number of fused-ring (bicyclic) bond motifs is 1. The minimum Gasteiger partial charge on any atom is -0.497 e. The molecule has 0 spiro atoms. The number of methoxy groups -OCH3 is 1. The van der Waals surface area contributed by atoms with E-state index in [9.17, 15) is 14.4 Å². The number of carbonyl (C=O) groups is 3. The highest BCUT2D eigenvalue weighted by Gasteiger charge is 2.46. The summed E-state index contributed by atoms with van der Waals surface area (Å²) in [5.41, 5.74) is 2.15. The lowest BCUT2D eigenvalue weighted by Crippen LogP contribution is -2.52. The molecule has 4 rings (SSSR count). The van der Waals surface area contributed by atoms with Gasteiger partial charge in [-0.15, -0.1) is 0 Å². The van der Waals surface area contributed by atoms with E-state index in [1.165, 1.54) is 0 Å². The fourth-order valence-electron chi connectivity index (χ4n) is 5.98. The van der Waals surface area contributed by atoms with Crippen LogP contribution in [0, 0.1) is 0 Å². The largest absolute Gasteiger partial charge is 0.497 e. The van der Waals surface area contributed by atoms with Crippen LogP contribution in [0.3, 0.4) is 0 Å². The van der Waals surface area contributed by atoms with Crippen LogP contribution < -0.4 is 15.4 Å². The highest BCUT2D eigenvalue weighted by atomic mass is 16.5. The number of carbonyl (C=O) groups excluding carboxylic acids is 3. The number of amides is 3. The first kappa shape index (κ1) is 28.6. The molecule has 1 aliphatic heterocycles. The van der Waals surface area contributed by atoms with E-state index in [0.717, 1.165) is 57.3 Å². The standard InChI is InChI=1S/C31H42N4O4/c1-4-34(5-2)20-19-32-27(36)21-33-30(37)28-25-13-9-10-14-26(25)31(38)35(23-11-7-6-8-12-23)29(28)22-15-17-24(39-3)18-16-22/h9-10,13-18,23,28-29H,4-8,11-12,19-21H2,1-3H3,(H,32,36)(H,33,37)/t28-,29-/m1/s1. The molecule has 2 atom stereocenters. The second-order valence-electron chi connectivity index (χ2n) is 10.4. The Morgan fingerprint density at radius 1 is 0.974 bits per heavy atom. The van der Waals surface area contributed by atoms with Gasteiger partial charge in [-0.1, -0.05) is 63.4 Å². The molecule has 2 N–H and O–H groups in total. The lowest BCUT2D eigenvalue weighted by Gasteiger charge is -2.46. The number of hydrogen-bond donors (Lipinski definition) is 2. The summed E-state index contributed by atoms with van der Waals surface area (Å²) in [5, 5.41) is 5.80. The molecule has 0 bridgehead atoms. The van der Waals surface area contributed by atoms with E-state index in [1.54, 1.807) is 7.11 Å². The van der Waals surface area contributed by atoms with E-state index in [1.807, 2.05) is 53.4 Å². The average Bonchev–Trinajstić information content (AvgIpc) is 2.98. The second-order valence-corrected chi connectivity index (χ2v) is 10.4. The number of nitrogens with one attached hydrogen (secondary N) is 2. The van der Waals surface area contributed by atoms with Crippen LogP contribution in [0.1, 0.15) is 79.4 Å². The zero-order valence-corrected chi connectivity index (χ0v) is 23.4. The molecule has 0 unspecified atom stereocenters. The van der Waals surface area contributed by atoms with Crippen molar-refractivity contribution in [2.24, 2.45) is 0 Å². The Kier molecular flexibility index (Phi) is 9.98. The van der Waals surface area contributed by atoms with Crippen molar-refractivity contribution >= 4 is 17.7 Å². The predicted octanol–water partition coefficient (Wildman–Crippen LogP) is 3.88. The molecule has 8 nitrogen and oxygen atoms in total. The molecule has 2 aromatic carbocycles. The first-order chi connectivity index (χ1) is 19.0. The zero-order chi connectivity index (χ0) is 27.8. The summed E-state index contributed by atoms with van der Waals surface area (Å²) in [6.45, 7) is 7.22. The maximum Gasteiger partial charge on any atom is 0.254 e. The van der Waals surface area contributed by atoms with Crippen LogP contribution in [0.15, 0.2) is 48.5 Å². The Morgan fingerprint density at radius 3 is 2.33 bits per heavy atom. The maximum atomic E-state index is 14.0. The van der Waals surface area contributed by atoms with Gasteiger partial charge in [0.05, 0.1) is 25.6 Å². The summed E-state index contributed by atoms with van der Waals surface area (Å²) in [5.74, 6) is -0.432. The normalized spacial score (nSPS) is 19.5. The van der Waals surface area contributed by atoms with E-state index < -0.39 is 12.0 Å². The molecule has 1 heterocycles. The van der Waals surface area contributed by atoms with Gasteiger partial charge < -0.3 is 25.2 Å². The number of benzene rings is 2. The lowest BCUT2D eigenvalue weighted by atomic mass is 9.77. The van der Waals surface area contributed by atoms with Gasteiger partial charge in [-0.3, -0.25) is 14.4 Å². The summed E-state index contributed by atoms with van der Waals surface area (Å²) < 4.78 is 5.37. The minimum atomic E-state index is -0.641. The molecule has 8 heteroatoms. The molecule has 2 aromatic rings. The Balaban J connectivity index is 1.62.